The monoisotopic (exact) mass is 330 g/mol. The zero-order valence-corrected chi connectivity index (χ0v) is 14.4. The Hall–Kier alpha value is -2.41. The number of carbonyl (C=O) groups excluding carboxylic acids is 1. The number of hydrogen-bond donors (Lipinski definition) is 0. The molecular weight excluding hydrogens is 308 g/mol. The third-order valence-electron chi connectivity index (χ3n) is 4.00. The van der Waals surface area contributed by atoms with Crippen LogP contribution in [0.15, 0.2) is 22.7 Å². The maximum Gasteiger partial charge on any atom is 0.292 e. The third-order valence-corrected chi connectivity index (χ3v) is 4.00. The van der Waals surface area contributed by atoms with Crippen LogP contribution in [0.3, 0.4) is 0 Å². The van der Waals surface area contributed by atoms with Crippen molar-refractivity contribution >= 4 is 11.6 Å². The van der Waals surface area contributed by atoms with E-state index in [0.717, 1.165) is 17.1 Å². The van der Waals surface area contributed by atoms with Crippen molar-refractivity contribution in [3.8, 4) is 0 Å². The molecule has 7 heteroatoms. The summed E-state index contributed by atoms with van der Waals surface area (Å²) in [5, 5.41) is 3.78. The number of aromatic nitrogens is 2. The molecule has 24 heavy (non-hydrogen) atoms. The summed E-state index contributed by atoms with van der Waals surface area (Å²) in [4.78, 5) is 20.9. The Morgan fingerprint density at radius 2 is 2.04 bits per heavy atom. The van der Waals surface area contributed by atoms with E-state index in [1.807, 2.05) is 38.1 Å². The summed E-state index contributed by atoms with van der Waals surface area (Å²) in [6.45, 7) is 5.20. The van der Waals surface area contributed by atoms with Crippen LogP contribution >= 0.6 is 0 Å². The van der Waals surface area contributed by atoms with E-state index < -0.39 is 0 Å². The largest absolute Gasteiger partial charge is 0.378 e. The maximum absolute atomic E-state index is 12.5. The van der Waals surface area contributed by atoms with Gasteiger partial charge >= 0.3 is 0 Å². The molecule has 3 heterocycles. The highest BCUT2D eigenvalue weighted by molar-refractivity contribution is 5.91. The number of nitrogens with zero attached hydrogens (tertiary/aromatic N) is 4. The van der Waals surface area contributed by atoms with Crippen molar-refractivity contribution in [1.29, 1.82) is 0 Å². The number of carbonyl (C=O) groups is 1. The van der Waals surface area contributed by atoms with Crippen molar-refractivity contribution in [3.63, 3.8) is 0 Å². The van der Waals surface area contributed by atoms with Crippen molar-refractivity contribution in [2.75, 3.05) is 38.7 Å². The van der Waals surface area contributed by atoms with Gasteiger partial charge in [-0.3, -0.25) is 9.78 Å². The summed E-state index contributed by atoms with van der Waals surface area (Å²) in [7, 11) is 3.98. The molecule has 0 N–H and O–H groups in total. The van der Waals surface area contributed by atoms with E-state index in [2.05, 4.69) is 10.1 Å². The van der Waals surface area contributed by atoms with E-state index in [1.165, 1.54) is 0 Å². The first-order chi connectivity index (χ1) is 11.4. The molecule has 1 saturated heterocycles. The van der Waals surface area contributed by atoms with E-state index in [-0.39, 0.29) is 17.8 Å². The maximum atomic E-state index is 12.5. The van der Waals surface area contributed by atoms with E-state index in [0.29, 0.717) is 25.4 Å². The molecule has 0 aromatic carbocycles. The molecule has 0 radical (unpaired) electrons. The predicted molar refractivity (Wildman–Crippen MR) is 89.1 cm³/mol. The van der Waals surface area contributed by atoms with Crippen LogP contribution < -0.4 is 4.90 Å². The normalized spacial score (nSPS) is 17.8. The predicted octanol–water partition coefficient (Wildman–Crippen LogP) is 1.97. The summed E-state index contributed by atoms with van der Waals surface area (Å²) >= 11 is 0. The minimum atomic E-state index is -0.245. The fourth-order valence-corrected chi connectivity index (χ4v) is 2.73. The lowest BCUT2D eigenvalue weighted by molar-refractivity contribution is -0.0259. The lowest BCUT2D eigenvalue weighted by Crippen LogP contribution is -2.42. The molecule has 0 saturated carbocycles. The second-order valence-electron chi connectivity index (χ2n) is 6.23. The van der Waals surface area contributed by atoms with Crippen LogP contribution in [-0.2, 0) is 4.74 Å². The number of anilines is 1. The average Bonchev–Trinajstić information content (AvgIpc) is 3.00. The van der Waals surface area contributed by atoms with Crippen LogP contribution in [0.25, 0.3) is 0 Å². The fourth-order valence-electron chi connectivity index (χ4n) is 2.73. The lowest BCUT2D eigenvalue weighted by atomic mass is 10.1. The lowest BCUT2D eigenvalue weighted by Gasteiger charge is -2.32. The number of amides is 1. The number of hydrogen-bond acceptors (Lipinski definition) is 6. The highest BCUT2D eigenvalue weighted by Gasteiger charge is 2.29. The highest BCUT2D eigenvalue weighted by Crippen LogP contribution is 2.25. The molecule has 1 atom stereocenters. The molecule has 1 aliphatic rings. The van der Waals surface area contributed by atoms with Gasteiger partial charge in [0.25, 0.3) is 5.91 Å². The van der Waals surface area contributed by atoms with Gasteiger partial charge in [-0.05, 0) is 26.0 Å². The Labute approximate surface area is 141 Å². The molecule has 3 rings (SSSR count). The molecule has 1 aliphatic heterocycles. The second kappa shape index (κ2) is 6.60. The first kappa shape index (κ1) is 16.4. The molecule has 7 nitrogen and oxygen atoms in total. The topological polar surface area (TPSA) is 71.7 Å². The summed E-state index contributed by atoms with van der Waals surface area (Å²) in [5.74, 6) is 0.101. The first-order valence-corrected chi connectivity index (χ1v) is 7.94. The standard InChI is InChI=1S/C17H22N4O3/c1-11-7-13(20(3)4)9-14(18-11)16-10-21(5-6-23-16)17(22)15-8-12(2)19-24-15/h7-9,16H,5-6,10H2,1-4H3. The van der Waals surface area contributed by atoms with E-state index >= 15 is 0 Å². The molecule has 1 fully saturated rings. The van der Waals surface area contributed by atoms with Crippen molar-refractivity contribution < 1.29 is 14.1 Å². The Balaban J connectivity index is 1.79. The second-order valence-corrected chi connectivity index (χ2v) is 6.23. The zero-order valence-electron chi connectivity index (χ0n) is 14.4. The van der Waals surface area contributed by atoms with E-state index in [4.69, 9.17) is 9.26 Å². The number of ether oxygens (including phenoxy) is 1. The molecule has 2 aromatic heterocycles. The van der Waals surface area contributed by atoms with Gasteiger partial charge in [0, 0.05) is 38.1 Å². The number of aryl methyl sites for hydroxylation is 2. The number of morpholine rings is 1. The van der Waals surface area contributed by atoms with Gasteiger partial charge in [0.15, 0.2) is 0 Å². The summed E-state index contributed by atoms with van der Waals surface area (Å²) in [6.07, 6.45) is -0.245. The Kier molecular flexibility index (Phi) is 4.53. The first-order valence-electron chi connectivity index (χ1n) is 7.94. The molecule has 0 bridgehead atoms. The Bertz CT molecular complexity index is 741. The van der Waals surface area contributed by atoms with Crippen LogP contribution in [0, 0.1) is 13.8 Å². The van der Waals surface area contributed by atoms with E-state index in [9.17, 15) is 4.79 Å². The van der Waals surface area contributed by atoms with Gasteiger partial charge < -0.3 is 19.1 Å². The Morgan fingerprint density at radius 1 is 1.25 bits per heavy atom. The minimum absolute atomic E-state index is 0.163. The molecule has 0 aliphatic carbocycles. The van der Waals surface area contributed by atoms with Gasteiger partial charge in [0.05, 0.1) is 24.5 Å². The molecule has 0 spiro atoms. The molecule has 2 aromatic rings. The summed E-state index contributed by atoms with van der Waals surface area (Å²) in [5.41, 5.74) is 3.52. The zero-order chi connectivity index (χ0) is 17.3. The third kappa shape index (κ3) is 3.41. The van der Waals surface area contributed by atoms with Crippen molar-refractivity contribution in [2.45, 2.75) is 20.0 Å². The number of pyridine rings is 1. The summed E-state index contributed by atoms with van der Waals surface area (Å²) < 4.78 is 10.9. The fraction of sp³-hybridized carbons (Fsp3) is 0.471. The van der Waals surface area contributed by atoms with Crippen LogP contribution in [0.1, 0.15) is 33.7 Å². The van der Waals surface area contributed by atoms with Crippen molar-refractivity contribution in [1.82, 2.24) is 15.0 Å². The van der Waals surface area contributed by atoms with Gasteiger partial charge in [-0.1, -0.05) is 5.16 Å². The molecular formula is C17H22N4O3. The van der Waals surface area contributed by atoms with Crippen LogP contribution in [0.5, 0.6) is 0 Å². The average molecular weight is 330 g/mol. The number of rotatable bonds is 3. The van der Waals surface area contributed by atoms with Gasteiger partial charge in [0.1, 0.15) is 6.10 Å². The summed E-state index contributed by atoms with van der Waals surface area (Å²) in [6, 6.07) is 5.68. The van der Waals surface area contributed by atoms with Crippen LogP contribution in [0.2, 0.25) is 0 Å². The minimum Gasteiger partial charge on any atom is -0.378 e. The molecule has 1 unspecified atom stereocenters. The SMILES string of the molecule is Cc1cc(C(=O)N2CCOC(c3cc(N(C)C)cc(C)n3)C2)on1. The quantitative estimate of drug-likeness (QED) is 0.857. The highest BCUT2D eigenvalue weighted by atomic mass is 16.5. The van der Waals surface area contributed by atoms with Crippen molar-refractivity contribution in [2.24, 2.45) is 0 Å². The van der Waals surface area contributed by atoms with Crippen LogP contribution in [0.4, 0.5) is 5.69 Å². The van der Waals surface area contributed by atoms with E-state index in [1.54, 1.807) is 17.9 Å². The Morgan fingerprint density at radius 3 is 2.71 bits per heavy atom. The molecule has 1 amide bonds. The smallest absolute Gasteiger partial charge is 0.292 e. The van der Waals surface area contributed by atoms with Gasteiger partial charge in [0.2, 0.25) is 5.76 Å². The van der Waals surface area contributed by atoms with Gasteiger partial charge in [-0.15, -0.1) is 0 Å². The van der Waals surface area contributed by atoms with Gasteiger partial charge in [-0.25, -0.2) is 0 Å². The molecule has 128 valence electrons. The van der Waals surface area contributed by atoms with Crippen LogP contribution in [-0.4, -0.2) is 54.7 Å². The van der Waals surface area contributed by atoms with Crippen molar-refractivity contribution in [3.05, 3.63) is 41.0 Å². The van der Waals surface area contributed by atoms with Gasteiger partial charge in [-0.2, -0.15) is 0 Å².